The summed E-state index contributed by atoms with van der Waals surface area (Å²) >= 11 is 0. The van der Waals surface area contributed by atoms with Gasteiger partial charge in [0.15, 0.2) is 13.9 Å². The van der Waals surface area contributed by atoms with Gasteiger partial charge >= 0.3 is 0 Å². The third kappa shape index (κ3) is 6.31. The minimum absolute atomic E-state index is 0.0894. The summed E-state index contributed by atoms with van der Waals surface area (Å²) in [5.74, 6) is -0.711. The van der Waals surface area contributed by atoms with Crippen LogP contribution in [-0.2, 0) is 33.0 Å². The molecule has 1 saturated heterocycles. The van der Waals surface area contributed by atoms with Gasteiger partial charge in [-0.05, 0) is 61.0 Å². The van der Waals surface area contributed by atoms with E-state index in [0.717, 1.165) is 40.2 Å². The molecular weight excluding hydrogens is 659 g/mol. The van der Waals surface area contributed by atoms with E-state index in [2.05, 4.69) is 10.3 Å². The molecule has 0 radical (unpaired) electrons. The van der Waals surface area contributed by atoms with Crippen molar-refractivity contribution in [3.63, 3.8) is 0 Å². The highest BCUT2D eigenvalue weighted by molar-refractivity contribution is 6.71. The quantitative estimate of drug-likeness (QED) is 0.119. The highest BCUT2D eigenvalue weighted by atomic mass is 28.4. The van der Waals surface area contributed by atoms with Gasteiger partial charge in [-0.15, -0.1) is 5.10 Å². The molecule has 0 bridgehead atoms. The van der Waals surface area contributed by atoms with E-state index in [1.165, 1.54) is 0 Å². The number of anilines is 3. The van der Waals surface area contributed by atoms with Crippen molar-refractivity contribution in [3.05, 3.63) is 138 Å². The third-order valence-electron chi connectivity index (χ3n) is 10.5. The predicted molar refractivity (Wildman–Crippen MR) is 198 cm³/mol. The fraction of sp³-hybridized carbons (Fsp3) is 0.300. The molecule has 11 heteroatoms. The molecule has 3 heterocycles. The zero-order valence-electron chi connectivity index (χ0n) is 29.0. The molecule has 4 aromatic carbocycles. The molecule has 10 nitrogen and oxygen atoms in total. The molecule has 1 aromatic heterocycles. The number of rotatable bonds is 12. The molecule has 2 amide bonds. The van der Waals surface area contributed by atoms with Crippen molar-refractivity contribution in [2.75, 3.05) is 16.4 Å². The maximum absolute atomic E-state index is 14.8. The minimum atomic E-state index is -2.85. The Balaban J connectivity index is 1.13. The van der Waals surface area contributed by atoms with Crippen molar-refractivity contribution in [1.29, 1.82) is 0 Å². The molecule has 7 rings (SSSR count). The molecule has 2 aliphatic rings. The highest BCUT2D eigenvalue weighted by Gasteiger charge is 2.66. The Hall–Kier alpha value is -4.94. The molecule has 262 valence electrons. The number of aromatic nitrogens is 3. The standard InChI is InChI=1S/C40H43N5O5Si/c1-28-38(51(2,3)49)37(22-23-43-25-35(41-42-43)33(26-46)30-12-6-4-7-13-30)50-40(28)34-16-10-11-17-36(34)44(39(40)48)24-29-18-20-32(21-19-29)45(27-47)31-14-8-5-9-15-31/h4-21,25,27-28,33,37-38,46,49H,22-24,26H2,1-3H3/t28-,33?,37+,38-,40+/m1/s1. The molecule has 5 atom stereocenters. The zero-order valence-corrected chi connectivity index (χ0v) is 30.0. The van der Waals surface area contributed by atoms with Crippen molar-refractivity contribution >= 4 is 37.7 Å². The minimum Gasteiger partial charge on any atom is -0.432 e. The van der Waals surface area contributed by atoms with Crippen LogP contribution < -0.4 is 9.80 Å². The normalized spacial score (nSPS) is 21.9. The summed E-state index contributed by atoms with van der Waals surface area (Å²) in [4.78, 5) is 41.8. The van der Waals surface area contributed by atoms with Gasteiger partial charge < -0.3 is 19.5 Å². The number of aliphatic hydroxyl groups excluding tert-OH is 1. The van der Waals surface area contributed by atoms with Crippen LogP contribution in [0.4, 0.5) is 17.1 Å². The maximum atomic E-state index is 14.8. The fourth-order valence-corrected chi connectivity index (χ4v) is 10.8. The first-order valence-electron chi connectivity index (χ1n) is 17.4. The van der Waals surface area contributed by atoms with Crippen LogP contribution in [0, 0.1) is 5.92 Å². The second kappa shape index (κ2) is 14.0. The first kappa shape index (κ1) is 34.5. The van der Waals surface area contributed by atoms with Gasteiger partial charge in [0.25, 0.3) is 5.91 Å². The molecule has 2 N–H and O–H groups in total. The molecule has 5 aromatic rings. The number of fused-ring (bicyclic) bond motifs is 2. The highest BCUT2D eigenvalue weighted by Crippen LogP contribution is 2.59. The predicted octanol–water partition coefficient (Wildman–Crippen LogP) is 6.13. The summed E-state index contributed by atoms with van der Waals surface area (Å²) in [5, 5.41) is 18.9. The van der Waals surface area contributed by atoms with E-state index in [-0.39, 0.29) is 29.9 Å². The average Bonchev–Trinajstić information content (AvgIpc) is 3.80. The van der Waals surface area contributed by atoms with Crippen LogP contribution in [-0.4, -0.2) is 58.2 Å². The Morgan fingerprint density at radius 3 is 2.25 bits per heavy atom. The van der Waals surface area contributed by atoms with Crippen molar-refractivity contribution in [1.82, 2.24) is 15.0 Å². The topological polar surface area (TPSA) is 121 Å². The summed E-state index contributed by atoms with van der Waals surface area (Å²) in [6, 6.07) is 34.6. The molecule has 1 unspecified atom stereocenters. The van der Waals surface area contributed by atoms with Crippen LogP contribution in [0.15, 0.2) is 115 Å². The van der Waals surface area contributed by atoms with Crippen LogP contribution in [0.25, 0.3) is 0 Å². The van der Waals surface area contributed by atoms with Gasteiger partial charge in [-0.25, -0.2) is 0 Å². The van der Waals surface area contributed by atoms with E-state index in [9.17, 15) is 19.5 Å². The van der Waals surface area contributed by atoms with Gasteiger partial charge in [-0.2, -0.15) is 0 Å². The van der Waals surface area contributed by atoms with Gasteiger partial charge in [0.1, 0.15) is 0 Å². The average molecular weight is 702 g/mol. The molecular formula is C40H43N5O5Si. The van der Waals surface area contributed by atoms with E-state index in [0.29, 0.717) is 25.2 Å². The van der Waals surface area contributed by atoms with Crippen molar-refractivity contribution < 1.29 is 24.2 Å². The molecule has 1 spiro atoms. The lowest BCUT2D eigenvalue weighted by atomic mass is 9.82. The fourth-order valence-electron chi connectivity index (χ4n) is 8.16. The van der Waals surface area contributed by atoms with Gasteiger partial charge in [-0.3, -0.25) is 19.2 Å². The summed E-state index contributed by atoms with van der Waals surface area (Å²) in [7, 11) is -2.85. The van der Waals surface area contributed by atoms with E-state index < -0.39 is 20.0 Å². The van der Waals surface area contributed by atoms with E-state index in [4.69, 9.17) is 4.74 Å². The number of para-hydroxylation sites is 2. The lowest BCUT2D eigenvalue weighted by Gasteiger charge is -2.32. The van der Waals surface area contributed by atoms with Crippen molar-refractivity contribution in [2.45, 2.75) is 62.7 Å². The Morgan fingerprint density at radius 2 is 1.59 bits per heavy atom. The largest absolute Gasteiger partial charge is 0.432 e. The van der Waals surface area contributed by atoms with Crippen LogP contribution in [0.2, 0.25) is 18.6 Å². The van der Waals surface area contributed by atoms with Gasteiger partial charge in [0.05, 0.1) is 36.6 Å². The number of hydrogen-bond donors (Lipinski definition) is 2. The second-order valence-electron chi connectivity index (χ2n) is 14.1. The Kier molecular flexibility index (Phi) is 9.47. The number of aliphatic hydroxyl groups is 1. The number of carbonyl (C=O) groups is 2. The number of carbonyl (C=O) groups excluding carboxylic acids is 2. The van der Waals surface area contributed by atoms with Gasteiger partial charge in [-0.1, -0.05) is 91.0 Å². The van der Waals surface area contributed by atoms with Gasteiger partial charge in [0.2, 0.25) is 6.41 Å². The molecule has 0 aliphatic carbocycles. The van der Waals surface area contributed by atoms with Crippen LogP contribution >= 0.6 is 0 Å². The van der Waals surface area contributed by atoms with E-state index >= 15 is 0 Å². The summed E-state index contributed by atoms with van der Waals surface area (Å²) in [6.45, 7) is 6.59. The van der Waals surface area contributed by atoms with E-state index in [1.807, 2.05) is 135 Å². The number of hydrogen-bond acceptors (Lipinski definition) is 7. The van der Waals surface area contributed by atoms with Crippen molar-refractivity contribution in [2.24, 2.45) is 5.92 Å². The molecule has 51 heavy (non-hydrogen) atoms. The van der Waals surface area contributed by atoms with E-state index in [1.54, 1.807) is 14.5 Å². The molecule has 1 fully saturated rings. The first-order valence-corrected chi connectivity index (χ1v) is 20.4. The second-order valence-corrected chi connectivity index (χ2v) is 18.1. The summed E-state index contributed by atoms with van der Waals surface area (Å²) in [6.07, 6.45) is 2.78. The number of aryl methyl sites for hydroxylation is 1. The van der Waals surface area contributed by atoms with Crippen LogP contribution in [0.3, 0.4) is 0 Å². The van der Waals surface area contributed by atoms with Gasteiger partial charge in [0, 0.05) is 41.1 Å². The molecule has 2 aliphatic heterocycles. The number of ether oxygens (including phenoxy) is 1. The maximum Gasteiger partial charge on any atom is 0.264 e. The zero-order chi connectivity index (χ0) is 35.8. The van der Waals surface area contributed by atoms with Crippen LogP contribution in [0.1, 0.15) is 41.6 Å². The number of benzene rings is 4. The molecule has 0 saturated carbocycles. The summed E-state index contributed by atoms with van der Waals surface area (Å²) in [5.41, 5.74) is 4.19. The number of amides is 2. The SMILES string of the molecule is C[C@@H]1[C@@H]([Si](C)(C)O)[C@H](CCn2cc(C(CO)c3ccccc3)nn2)O[C@@]12C(=O)N(Cc1ccc(N(C=O)c3ccccc3)cc1)c1ccccc12. The smallest absolute Gasteiger partial charge is 0.264 e. The van der Waals surface area contributed by atoms with Crippen molar-refractivity contribution in [3.8, 4) is 0 Å². The lowest BCUT2D eigenvalue weighted by molar-refractivity contribution is -0.146. The number of nitrogens with zero attached hydrogens (tertiary/aromatic N) is 5. The monoisotopic (exact) mass is 701 g/mol. The Bertz CT molecular complexity index is 1980. The lowest BCUT2D eigenvalue weighted by Crippen LogP contribution is -2.46. The Morgan fingerprint density at radius 1 is 0.941 bits per heavy atom. The third-order valence-corrected chi connectivity index (χ3v) is 13.0. The summed E-state index contributed by atoms with van der Waals surface area (Å²) < 4.78 is 8.74. The first-order chi connectivity index (χ1) is 24.7. The van der Waals surface area contributed by atoms with Crippen LogP contribution in [0.5, 0.6) is 0 Å². The Labute approximate surface area is 299 Å².